The van der Waals surface area contributed by atoms with Gasteiger partial charge in [-0.3, -0.25) is 9.52 Å². The van der Waals surface area contributed by atoms with Gasteiger partial charge in [-0.15, -0.1) is 11.3 Å². The third-order valence-corrected chi connectivity index (χ3v) is 6.23. The standard InChI is InChI=1S/C19H19N3O3S2/c1-13-5-3-4-6-17(13)22-27(24,25)16-9-7-15(8-10-16)19(23)20-11-18-21-14(2)12-26-18/h3-10,12,22H,11H2,1-2H3,(H,20,23). The predicted molar refractivity (Wildman–Crippen MR) is 106 cm³/mol. The molecule has 2 aromatic carbocycles. The Balaban J connectivity index is 1.68. The topological polar surface area (TPSA) is 88.2 Å². The van der Waals surface area contributed by atoms with Gasteiger partial charge in [-0.05, 0) is 49.7 Å². The molecule has 3 aromatic rings. The van der Waals surface area contributed by atoms with Crippen LogP contribution >= 0.6 is 11.3 Å². The quantitative estimate of drug-likeness (QED) is 0.662. The Kier molecular flexibility index (Phi) is 5.57. The molecule has 8 heteroatoms. The normalized spacial score (nSPS) is 11.2. The van der Waals surface area contributed by atoms with Gasteiger partial charge in [0.05, 0.1) is 17.1 Å². The number of nitrogens with zero attached hydrogens (tertiary/aromatic N) is 1. The first-order valence-corrected chi connectivity index (χ1v) is 10.6. The molecule has 0 fully saturated rings. The van der Waals surface area contributed by atoms with E-state index >= 15 is 0 Å². The van der Waals surface area contributed by atoms with Crippen molar-refractivity contribution in [2.24, 2.45) is 0 Å². The molecule has 0 aliphatic carbocycles. The first-order chi connectivity index (χ1) is 12.8. The van der Waals surface area contributed by atoms with Crippen LogP contribution < -0.4 is 10.0 Å². The molecule has 6 nitrogen and oxygen atoms in total. The van der Waals surface area contributed by atoms with Gasteiger partial charge in [-0.1, -0.05) is 18.2 Å². The van der Waals surface area contributed by atoms with Crippen LogP contribution in [0, 0.1) is 13.8 Å². The summed E-state index contributed by atoms with van der Waals surface area (Å²) in [5, 5.41) is 5.52. The summed E-state index contributed by atoms with van der Waals surface area (Å²) in [6, 6.07) is 13.0. The van der Waals surface area contributed by atoms with E-state index in [1.54, 1.807) is 12.1 Å². The van der Waals surface area contributed by atoms with Gasteiger partial charge in [0.2, 0.25) is 0 Å². The molecule has 0 spiro atoms. The lowest BCUT2D eigenvalue weighted by Crippen LogP contribution is -2.23. The SMILES string of the molecule is Cc1csc(CNC(=O)c2ccc(S(=O)(=O)Nc3ccccc3C)cc2)n1. The number of para-hydroxylation sites is 1. The fourth-order valence-electron chi connectivity index (χ4n) is 2.42. The van der Waals surface area contributed by atoms with Crippen LogP contribution in [-0.4, -0.2) is 19.3 Å². The van der Waals surface area contributed by atoms with E-state index in [0.717, 1.165) is 16.3 Å². The highest BCUT2D eigenvalue weighted by Crippen LogP contribution is 2.19. The van der Waals surface area contributed by atoms with Crippen molar-refractivity contribution in [3.8, 4) is 0 Å². The third kappa shape index (κ3) is 4.72. The third-order valence-electron chi connectivity index (χ3n) is 3.88. The van der Waals surface area contributed by atoms with E-state index in [9.17, 15) is 13.2 Å². The Hall–Kier alpha value is -2.71. The van der Waals surface area contributed by atoms with Gasteiger partial charge in [0.25, 0.3) is 15.9 Å². The largest absolute Gasteiger partial charge is 0.346 e. The van der Waals surface area contributed by atoms with Gasteiger partial charge in [-0.2, -0.15) is 0 Å². The average Bonchev–Trinajstić information content (AvgIpc) is 3.07. The maximum absolute atomic E-state index is 12.5. The van der Waals surface area contributed by atoms with E-state index in [-0.39, 0.29) is 10.8 Å². The van der Waals surface area contributed by atoms with Gasteiger partial charge in [0.15, 0.2) is 0 Å². The number of rotatable bonds is 6. The fourth-order valence-corrected chi connectivity index (χ4v) is 4.26. The lowest BCUT2D eigenvalue weighted by molar-refractivity contribution is 0.0950. The molecule has 0 radical (unpaired) electrons. The zero-order valence-corrected chi connectivity index (χ0v) is 16.5. The number of hydrogen-bond acceptors (Lipinski definition) is 5. The number of carbonyl (C=O) groups is 1. The highest BCUT2D eigenvalue weighted by atomic mass is 32.2. The Morgan fingerprint density at radius 3 is 2.41 bits per heavy atom. The lowest BCUT2D eigenvalue weighted by Gasteiger charge is -2.11. The number of sulfonamides is 1. The van der Waals surface area contributed by atoms with Crippen molar-refractivity contribution in [1.82, 2.24) is 10.3 Å². The molecule has 0 saturated heterocycles. The number of aromatic nitrogens is 1. The van der Waals surface area contributed by atoms with Crippen LogP contribution in [0.15, 0.2) is 58.8 Å². The Morgan fingerprint density at radius 2 is 1.78 bits per heavy atom. The van der Waals surface area contributed by atoms with Gasteiger partial charge in [-0.25, -0.2) is 13.4 Å². The Bertz CT molecular complexity index is 1060. The minimum absolute atomic E-state index is 0.0952. The zero-order chi connectivity index (χ0) is 19.4. The van der Waals surface area contributed by atoms with Crippen LogP contribution in [0.5, 0.6) is 0 Å². The molecule has 0 bridgehead atoms. The molecular weight excluding hydrogens is 382 g/mol. The molecule has 1 amide bonds. The van der Waals surface area contributed by atoms with Crippen LogP contribution in [0.2, 0.25) is 0 Å². The second kappa shape index (κ2) is 7.89. The van der Waals surface area contributed by atoms with Gasteiger partial charge in [0, 0.05) is 16.6 Å². The highest BCUT2D eigenvalue weighted by Gasteiger charge is 2.16. The highest BCUT2D eigenvalue weighted by molar-refractivity contribution is 7.92. The summed E-state index contributed by atoms with van der Waals surface area (Å²) in [5.74, 6) is -0.279. The maximum atomic E-state index is 12.5. The molecule has 1 aromatic heterocycles. The number of amides is 1. The van der Waals surface area contributed by atoms with Gasteiger partial charge >= 0.3 is 0 Å². The summed E-state index contributed by atoms with van der Waals surface area (Å²) in [7, 11) is -3.72. The number of carbonyl (C=O) groups excluding carboxylic acids is 1. The number of benzene rings is 2. The van der Waals surface area contributed by atoms with Crippen molar-refractivity contribution >= 4 is 33.0 Å². The molecule has 0 aliphatic rings. The van der Waals surface area contributed by atoms with Crippen molar-refractivity contribution < 1.29 is 13.2 Å². The molecule has 2 N–H and O–H groups in total. The molecule has 27 heavy (non-hydrogen) atoms. The van der Waals surface area contributed by atoms with Crippen molar-refractivity contribution in [3.63, 3.8) is 0 Å². The smallest absolute Gasteiger partial charge is 0.261 e. The van der Waals surface area contributed by atoms with Crippen LogP contribution in [0.1, 0.15) is 26.6 Å². The molecule has 0 saturated carbocycles. The number of aryl methyl sites for hydroxylation is 2. The van der Waals surface area contributed by atoms with Crippen molar-refractivity contribution in [2.45, 2.75) is 25.3 Å². The first-order valence-electron chi connectivity index (χ1n) is 8.23. The second-order valence-electron chi connectivity index (χ2n) is 6.01. The Morgan fingerprint density at radius 1 is 1.07 bits per heavy atom. The van der Waals surface area contributed by atoms with E-state index < -0.39 is 10.0 Å². The molecule has 0 atom stereocenters. The van der Waals surface area contributed by atoms with E-state index in [2.05, 4.69) is 15.0 Å². The number of anilines is 1. The van der Waals surface area contributed by atoms with Crippen molar-refractivity contribution in [3.05, 3.63) is 75.7 Å². The predicted octanol–water partition coefficient (Wildman–Crippen LogP) is 3.49. The fraction of sp³-hybridized carbons (Fsp3) is 0.158. The van der Waals surface area contributed by atoms with Crippen molar-refractivity contribution in [2.75, 3.05) is 4.72 Å². The van der Waals surface area contributed by atoms with Gasteiger partial charge < -0.3 is 5.32 Å². The molecule has 0 unspecified atom stereocenters. The average molecular weight is 402 g/mol. The van der Waals surface area contributed by atoms with Crippen LogP contribution in [0.4, 0.5) is 5.69 Å². The minimum atomic E-state index is -3.72. The summed E-state index contributed by atoms with van der Waals surface area (Å²) in [4.78, 5) is 16.6. The molecule has 140 valence electrons. The molecule has 3 rings (SSSR count). The summed E-state index contributed by atoms with van der Waals surface area (Å²) >= 11 is 1.48. The van der Waals surface area contributed by atoms with Crippen LogP contribution in [0.25, 0.3) is 0 Å². The maximum Gasteiger partial charge on any atom is 0.261 e. The molecular formula is C19H19N3O3S2. The van der Waals surface area contributed by atoms with Crippen LogP contribution in [-0.2, 0) is 16.6 Å². The zero-order valence-electron chi connectivity index (χ0n) is 14.9. The summed E-state index contributed by atoms with van der Waals surface area (Å²) < 4.78 is 27.6. The molecule has 1 heterocycles. The van der Waals surface area contributed by atoms with E-state index in [4.69, 9.17) is 0 Å². The number of nitrogens with one attached hydrogen (secondary N) is 2. The minimum Gasteiger partial charge on any atom is -0.346 e. The first kappa shape index (κ1) is 19.1. The van der Waals surface area contributed by atoms with Gasteiger partial charge in [0.1, 0.15) is 5.01 Å². The number of hydrogen-bond donors (Lipinski definition) is 2. The monoisotopic (exact) mass is 401 g/mol. The second-order valence-corrected chi connectivity index (χ2v) is 8.64. The Labute approximate surface area is 162 Å². The summed E-state index contributed by atoms with van der Waals surface area (Å²) in [5.41, 5.74) is 2.66. The lowest BCUT2D eigenvalue weighted by atomic mass is 10.2. The van der Waals surface area contributed by atoms with E-state index in [1.807, 2.05) is 31.4 Å². The van der Waals surface area contributed by atoms with Crippen LogP contribution in [0.3, 0.4) is 0 Å². The van der Waals surface area contributed by atoms with E-state index in [0.29, 0.717) is 17.8 Å². The summed E-state index contributed by atoms with van der Waals surface area (Å²) in [6.45, 7) is 4.06. The van der Waals surface area contributed by atoms with Crippen molar-refractivity contribution in [1.29, 1.82) is 0 Å². The summed E-state index contributed by atoms with van der Waals surface area (Å²) in [6.07, 6.45) is 0. The number of thiazole rings is 1. The van der Waals surface area contributed by atoms with E-state index in [1.165, 1.54) is 35.6 Å². The molecule has 0 aliphatic heterocycles.